The summed E-state index contributed by atoms with van der Waals surface area (Å²) in [5.41, 5.74) is 1.04. The number of halogens is 1. The number of rotatable bonds is 1. The average molecular weight is 424 g/mol. The Morgan fingerprint density at radius 3 is 2.86 bits per heavy atom. The number of carbonyl (C=O) groups excluding carboxylic acids is 1. The average Bonchev–Trinajstić information content (AvgIpc) is 2.97. The van der Waals surface area contributed by atoms with Gasteiger partial charge in [0.25, 0.3) is 0 Å². The largest absolute Gasteiger partial charge is 0.504 e. The number of nitrogens with zero attached hydrogens (tertiary/aromatic N) is 1. The van der Waals surface area contributed by atoms with E-state index in [1.54, 1.807) is 12.1 Å². The number of ether oxygens (including phenoxy) is 2. The Morgan fingerprint density at radius 2 is 2.14 bits per heavy atom. The monoisotopic (exact) mass is 423 g/mol. The number of phenolic OH excluding ortho intramolecular Hbond substituents is 1. The van der Waals surface area contributed by atoms with Crippen molar-refractivity contribution in [1.82, 2.24) is 4.90 Å². The third kappa shape index (κ3) is 2.79. The van der Waals surface area contributed by atoms with E-state index in [-0.39, 0.29) is 46.5 Å². The van der Waals surface area contributed by atoms with Gasteiger partial charge in [-0.05, 0) is 44.1 Å². The predicted octanol–water partition coefficient (Wildman–Crippen LogP) is -0.283. The van der Waals surface area contributed by atoms with Gasteiger partial charge >= 0.3 is 5.97 Å². The van der Waals surface area contributed by atoms with Crippen LogP contribution in [0, 0.1) is 5.92 Å². The molecule has 9 heteroatoms. The smallest absolute Gasteiger partial charge is 0.303 e. The minimum Gasteiger partial charge on any atom is -0.504 e. The lowest BCUT2D eigenvalue weighted by Gasteiger charge is -2.56. The second-order valence-corrected chi connectivity index (χ2v) is 7.02. The van der Waals surface area contributed by atoms with Crippen molar-refractivity contribution in [3.8, 4) is 11.5 Å². The highest BCUT2D eigenvalue weighted by molar-refractivity contribution is 5.85. The molecule has 0 aromatic heterocycles. The van der Waals surface area contributed by atoms with Crippen molar-refractivity contribution in [2.45, 2.75) is 43.4 Å². The van der Waals surface area contributed by atoms with Gasteiger partial charge in [-0.3, -0.25) is 4.79 Å². The van der Waals surface area contributed by atoms with E-state index >= 15 is 0 Å². The molecule has 1 aromatic carbocycles. The third-order valence-corrected chi connectivity index (χ3v) is 6.10. The van der Waals surface area contributed by atoms with Gasteiger partial charge in [0, 0.05) is 38.0 Å². The summed E-state index contributed by atoms with van der Waals surface area (Å²) < 4.78 is 57.3. The standard InChI is InChI=1S/C19H21NO4.ClH.3H2O/c1-10(21)23-15-6-4-12-13-9-11-3-5-14(22)17-16(11)19(12,18(15)24-17)7-8-20(13)2;;;;/h3-6,12-13,15,18,22H,7-9H2,1-2H3;1H;3*1H2/t12-,13+,15-,18-,19-;;;;/m0..../s1/i1D3,2D3;;;;. The van der Waals surface area contributed by atoms with Crippen LogP contribution in [0.25, 0.3) is 0 Å². The molecule has 2 aliphatic carbocycles. The highest BCUT2D eigenvalue weighted by Gasteiger charge is 2.64. The molecule has 7 N–H and O–H groups in total. The molecule has 1 aromatic rings. The van der Waals surface area contributed by atoms with Crippen LogP contribution in [0.5, 0.6) is 11.5 Å². The van der Waals surface area contributed by atoms with Gasteiger partial charge < -0.3 is 35.9 Å². The highest BCUT2D eigenvalue weighted by Crippen LogP contribution is 2.62. The second kappa shape index (κ2) is 7.88. The Bertz CT molecular complexity index is 972. The Balaban J connectivity index is 0.00000144. The van der Waals surface area contributed by atoms with E-state index < -0.39 is 37.4 Å². The zero-order valence-corrected chi connectivity index (χ0v) is 15.6. The lowest BCUT2D eigenvalue weighted by molar-refractivity contribution is -0.152. The summed E-state index contributed by atoms with van der Waals surface area (Å²) in [6.45, 7) is -4.86. The zero-order valence-electron chi connectivity index (χ0n) is 20.8. The molecule has 0 radical (unpaired) electrons. The normalized spacial score (nSPS) is 37.0. The molecule has 5 rings (SSSR count). The highest BCUT2D eigenvalue weighted by atomic mass is 35.5. The Hall–Kier alpha value is -1.84. The zero-order chi connectivity index (χ0) is 21.6. The van der Waals surface area contributed by atoms with Crippen LogP contribution in [-0.4, -0.2) is 64.2 Å². The van der Waals surface area contributed by atoms with Gasteiger partial charge in [0.15, 0.2) is 17.6 Å². The molecule has 158 valence electrons. The van der Waals surface area contributed by atoms with Crippen LogP contribution in [0.2, 0.25) is 0 Å². The fourth-order valence-corrected chi connectivity index (χ4v) is 5.26. The van der Waals surface area contributed by atoms with E-state index in [4.69, 9.17) is 17.7 Å². The van der Waals surface area contributed by atoms with Crippen molar-refractivity contribution in [2.24, 2.45) is 5.92 Å². The van der Waals surface area contributed by atoms with Crippen LogP contribution in [0.1, 0.15) is 32.6 Å². The maximum atomic E-state index is 12.1. The van der Waals surface area contributed by atoms with Gasteiger partial charge in [0.1, 0.15) is 6.10 Å². The van der Waals surface area contributed by atoms with E-state index in [1.165, 1.54) is 11.0 Å². The van der Waals surface area contributed by atoms with Gasteiger partial charge in [-0.2, -0.15) is 0 Å². The Labute approximate surface area is 177 Å². The van der Waals surface area contributed by atoms with Crippen LogP contribution < -0.4 is 4.74 Å². The van der Waals surface area contributed by atoms with Crippen LogP contribution in [0.15, 0.2) is 24.3 Å². The number of likely N-dealkylation sites (N-methyl/N-ethyl adjacent to an activating group) is 1. The molecule has 8 nitrogen and oxygen atoms in total. The summed E-state index contributed by atoms with van der Waals surface area (Å²) in [6.07, 6.45) is 2.66. The lowest BCUT2D eigenvalue weighted by atomic mass is 9.53. The summed E-state index contributed by atoms with van der Waals surface area (Å²) >= 11 is 0. The van der Waals surface area contributed by atoms with Gasteiger partial charge in [0.05, 0.1) is 0 Å². The van der Waals surface area contributed by atoms with E-state index in [0.29, 0.717) is 25.1 Å². The second-order valence-electron chi connectivity index (χ2n) is 7.02. The predicted molar refractivity (Wildman–Crippen MR) is 105 cm³/mol. The van der Waals surface area contributed by atoms with E-state index in [1.807, 2.05) is 6.08 Å². The number of benzene rings is 1. The van der Waals surface area contributed by atoms with Crippen LogP contribution in [-0.2, 0) is 21.4 Å². The van der Waals surface area contributed by atoms with Crippen LogP contribution in [0.3, 0.4) is 0 Å². The molecule has 0 saturated carbocycles. The lowest BCUT2D eigenvalue weighted by Crippen LogP contribution is -2.65. The number of phenols is 1. The minimum absolute atomic E-state index is 0. The van der Waals surface area contributed by atoms with Crippen LogP contribution >= 0.6 is 12.4 Å². The topological polar surface area (TPSA) is 154 Å². The quantitative estimate of drug-likeness (QED) is 0.485. The van der Waals surface area contributed by atoms with Crippen molar-refractivity contribution in [3.63, 3.8) is 0 Å². The van der Waals surface area contributed by atoms with Gasteiger partial charge in [-0.15, -0.1) is 12.4 Å². The third-order valence-electron chi connectivity index (χ3n) is 6.10. The number of piperidine rings is 1. The Kier molecular flexibility index (Phi) is 4.51. The fraction of sp³-hybridized carbons (Fsp3) is 0.526. The molecule has 1 fully saturated rings. The van der Waals surface area contributed by atoms with Crippen molar-refractivity contribution in [2.75, 3.05) is 13.5 Å². The fourth-order valence-electron chi connectivity index (χ4n) is 5.26. The molecule has 0 amide bonds. The van der Waals surface area contributed by atoms with Crippen molar-refractivity contribution in [1.29, 1.82) is 0 Å². The van der Waals surface area contributed by atoms with E-state index in [2.05, 4.69) is 0 Å². The van der Waals surface area contributed by atoms with Gasteiger partial charge in [0.2, 0.25) is 0 Å². The first-order chi connectivity index (χ1) is 13.9. The molecule has 28 heavy (non-hydrogen) atoms. The van der Waals surface area contributed by atoms with E-state index in [9.17, 15) is 9.90 Å². The van der Waals surface area contributed by atoms with Crippen molar-refractivity contribution < 1.29 is 44.0 Å². The molecule has 1 saturated heterocycles. The summed E-state index contributed by atoms with van der Waals surface area (Å²) in [5, 5.41) is 10.4. The Morgan fingerprint density at radius 1 is 1.36 bits per heavy atom. The SMILES string of the molecule is Cl.O.O.O.[2H]C([2H])([2H])C(=O)O[C@H]1C=C[C@H]2[C@H]3Cc4ccc(O)c5c4[C@@]2(CCN3C([2H])([2H])[2H])[C@H]1O5. The van der Waals surface area contributed by atoms with Crippen molar-refractivity contribution >= 4 is 18.4 Å². The first kappa shape index (κ1) is 16.0. The number of hydrogen-bond acceptors (Lipinski definition) is 5. The molecular formula is C19H28ClNO7. The molecule has 5 atom stereocenters. The summed E-state index contributed by atoms with van der Waals surface area (Å²) in [6, 6.07) is 3.00. The first-order valence-electron chi connectivity index (χ1n) is 11.1. The molecule has 2 heterocycles. The minimum atomic E-state index is -2.90. The summed E-state index contributed by atoms with van der Waals surface area (Å²) in [4.78, 5) is 13.6. The van der Waals surface area contributed by atoms with Crippen molar-refractivity contribution in [3.05, 3.63) is 35.4 Å². The van der Waals surface area contributed by atoms with Gasteiger partial charge in [-0.1, -0.05) is 12.1 Å². The van der Waals surface area contributed by atoms with Crippen LogP contribution in [0.4, 0.5) is 0 Å². The number of carbonyl (C=O) groups is 1. The summed E-state index contributed by atoms with van der Waals surface area (Å²) in [5.74, 6) is -1.26. The molecular weight excluding hydrogens is 390 g/mol. The maximum Gasteiger partial charge on any atom is 0.303 e. The number of likely N-dealkylation sites (tertiary alicyclic amines) is 1. The maximum absolute atomic E-state index is 12.1. The molecule has 1 spiro atoms. The number of aromatic hydroxyl groups is 1. The number of hydrogen-bond donors (Lipinski definition) is 1. The molecule has 0 unspecified atom stereocenters. The number of esters is 1. The molecule has 4 aliphatic rings. The van der Waals surface area contributed by atoms with Gasteiger partial charge in [-0.25, -0.2) is 0 Å². The molecule has 2 bridgehead atoms. The summed E-state index contributed by atoms with van der Waals surface area (Å²) in [7, 11) is 0. The first-order valence-corrected chi connectivity index (χ1v) is 8.13. The van der Waals surface area contributed by atoms with E-state index in [0.717, 1.165) is 11.1 Å². The molecule has 2 aliphatic heterocycles.